The number of rotatable bonds is 5. The fourth-order valence-electron chi connectivity index (χ4n) is 3.22. The summed E-state index contributed by atoms with van der Waals surface area (Å²) in [4.78, 5) is 15.1. The number of benzene rings is 1. The Morgan fingerprint density at radius 2 is 2.17 bits per heavy atom. The molecule has 3 atom stereocenters. The molecule has 8 nitrogen and oxygen atoms in total. The summed E-state index contributed by atoms with van der Waals surface area (Å²) >= 11 is 0. The first-order chi connectivity index (χ1) is 11.5. The summed E-state index contributed by atoms with van der Waals surface area (Å²) in [6, 6.07) is 8.96. The second-order valence-electron chi connectivity index (χ2n) is 6.42. The number of ether oxygens (including phenoxy) is 3. The van der Waals surface area contributed by atoms with Crippen molar-refractivity contribution in [2.24, 2.45) is 5.11 Å². The van der Waals surface area contributed by atoms with Crippen molar-refractivity contribution in [3.8, 4) is 0 Å². The van der Waals surface area contributed by atoms with Gasteiger partial charge in [0.15, 0.2) is 5.79 Å². The maximum absolute atomic E-state index is 12.3. The van der Waals surface area contributed by atoms with E-state index in [4.69, 9.17) is 19.7 Å². The third kappa shape index (κ3) is 3.22. The normalized spacial score (nSPS) is 30.4. The zero-order valence-corrected chi connectivity index (χ0v) is 13.6. The van der Waals surface area contributed by atoms with Crippen molar-refractivity contribution in [3.05, 3.63) is 46.3 Å². The van der Waals surface area contributed by atoms with E-state index in [0.717, 1.165) is 0 Å². The first kappa shape index (κ1) is 16.7. The van der Waals surface area contributed by atoms with E-state index in [1.165, 1.54) is 0 Å². The van der Waals surface area contributed by atoms with Crippen LogP contribution >= 0.6 is 0 Å². The van der Waals surface area contributed by atoms with Crippen LogP contribution in [0.2, 0.25) is 0 Å². The molecule has 2 saturated heterocycles. The molecule has 0 saturated carbocycles. The average Bonchev–Trinajstić information content (AvgIpc) is 3.02. The molecule has 2 heterocycles. The molecule has 2 aliphatic rings. The maximum atomic E-state index is 12.3. The van der Waals surface area contributed by atoms with Crippen molar-refractivity contribution in [1.82, 2.24) is 5.32 Å². The molecule has 3 rings (SSSR count). The van der Waals surface area contributed by atoms with E-state index >= 15 is 0 Å². The van der Waals surface area contributed by atoms with Crippen molar-refractivity contribution in [2.75, 3.05) is 19.7 Å². The Labute approximate surface area is 139 Å². The van der Waals surface area contributed by atoms with Crippen LogP contribution in [0.3, 0.4) is 0 Å². The van der Waals surface area contributed by atoms with Crippen molar-refractivity contribution in [3.63, 3.8) is 0 Å². The number of carbonyl (C=O) groups is 1. The fraction of sp³-hybridized carbons (Fsp3) is 0.562. The molecule has 8 heteroatoms. The van der Waals surface area contributed by atoms with Gasteiger partial charge < -0.3 is 19.5 Å². The van der Waals surface area contributed by atoms with E-state index in [-0.39, 0.29) is 25.6 Å². The Morgan fingerprint density at radius 1 is 1.42 bits per heavy atom. The number of amides is 1. The van der Waals surface area contributed by atoms with Gasteiger partial charge in [-0.2, -0.15) is 0 Å². The fourth-order valence-corrected chi connectivity index (χ4v) is 3.22. The van der Waals surface area contributed by atoms with E-state index in [1.54, 1.807) is 12.1 Å². The van der Waals surface area contributed by atoms with Gasteiger partial charge in [0.1, 0.15) is 11.7 Å². The second kappa shape index (κ2) is 6.41. The number of fused-ring (bicyclic) bond motifs is 1. The van der Waals surface area contributed by atoms with Crippen LogP contribution in [0.1, 0.15) is 24.2 Å². The minimum atomic E-state index is -0.791. The lowest BCUT2D eigenvalue weighted by Crippen LogP contribution is -2.51. The number of carbonyl (C=O) groups excluding carboxylic acids is 1. The van der Waals surface area contributed by atoms with E-state index in [2.05, 4.69) is 15.3 Å². The molecule has 0 unspecified atom stereocenters. The second-order valence-corrected chi connectivity index (χ2v) is 6.42. The first-order valence-corrected chi connectivity index (χ1v) is 7.79. The Hall–Kier alpha value is -2.12. The van der Waals surface area contributed by atoms with Crippen LogP contribution in [0, 0.1) is 0 Å². The van der Waals surface area contributed by atoms with Gasteiger partial charge in [0, 0.05) is 10.5 Å². The molecule has 0 aromatic heterocycles. The number of hydrogen-bond acceptors (Lipinski definition) is 5. The molecule has 2 fully saturated rings. The largest absolute Gasteiger partial charge is 0.372 e. The highest BCUT2D eigenvalue weighted by Gasteiger charge is 2.60. The number of hydrogen-bond donors (Lipinski definition) is 1. The monoisotopic (exact) mass is 332 g/mol. The maximum Gasteiger partial charge on any atom is 0.251 e. The smallest absolute Gasteiger partial charge is 0.251 e. The van der Waals surface area contributed by atoms with Gasteiger partial charge in [0.2, 0.25) is 0 Å². The minimum absolute atomic E-state index is 0.162. The highest BCUT2D eigenvalue weighted by atomic mass is 16.8. The lowest BCUT2D eigenvalue weighted by atomic mass is 9.96. The molecule has 0 radical (unpaired) electrons. The van der Waals surface area contributed by atoms with Crippen LogP contribution in [-0.2, 0) is 14.2 Å². The standard InChI is InChI=1S/C16H20N4O4/c1-15(2)23-13-12(8-19-20-17)22-10-16(13,24-15)9-18-14(21)11-6-4-3-5-7-11/h3-7,12-13H,8-10H2,1-2H3,(H,18,21)/t12-,13-,16+/m1/s1. The highest BCUT2D eigenvalue weighted by molar-refractivity contribution is 5.94. The molecule has 0 spiro atoms. The van der Waals surface area contributed by atoms with Crippen LogP contribution in [-0.4, -0.2) is 49.2 Å². The Balaban J connectivity index is 1.72. The van der Waals surface area contributed by atoms with Crippen molar-refractivity contribution >= 4 is 5.91 Å². The third-order valence-electron chi connectivity index (χ3n) is 4.17. The molecule has 2 aliphatic heterocycles. The van der Waals surface area contributed by atoms with Gasteiger partial charge in [-0.3, -0.25) is 4.79 Å². The molecular formula is C16H20N4O4. The van der Waals surface area contributed by atoms with Crippen LogP contribution in [0.4, 0.5) is 0 Å². The lowest BCUT2D eigenvalue weighted by molar-refractivity contribution is -0.188. The first-order valence-electron chi connectivity index (χ1n) is 7.79. The van der Waals surface area contributed by atoms with Gasteiger partial charge in [-0.05, 0) is 31.5 Å². The predicted octanol–water partition coefficient (Wildman–Crippen LogP) is 2.02. The summed E-state index contributed by atoms with van der Waals surface area (Å²) in [7, 11) is 0. The zero-order valence-electron chi connectivity index (χ0n) is 13.6. The molecule has 0 aliphatic carbocycles. The highest BCUT2D eigenvalue weighted by Crippen LogP contribution is 2.43. The third-order valence-corrected chi connectivity index (χ3v) is 4.17. The summed E-state index contributed by atoms with van der Waals surface area (Å²) < 4.78 is 17.7. The summed E-state index contributed by atoms with van der Waals surface area (Å²) in [6.07, 6.45) is -0.801. The van der Waals surface area contributed by atoms with Gasteiger partial charge in [0.25, 0.3) is 5.91 Å². The summed E-state index contributed by atoms with van der Waals surface area (Å²) in [5.74, 6) is -0.976. The number of nitrogens with zero attached hydrogens (tertiary/aromatic N) is 3. The lowest BCUT2D eigenvalue weighted by Gasteiger charge is -2.27. The molecule has 1 N–H and O–H groups in total. The van der Waals surface area contributed by atoms with Crippen molar-refractivity contribution < 1.29 is 19.0 Å². The van der Waals surface area contributed by atoms with Gasteiger partial charge >= 0.3 is 0 Å². The summed E-state index contributed by atoms with van der Waals surface area (Å²) in [6.45, 7) is 4.31. The quantitative estimate of drug-likeness (QED) is 0.506. The molecule has 1 aromatic carbocycles. The van der Waals surface area contributed by atoms with E-state index < -0.39 is 23.6 Å². The van der Waals surface area contributed by atoms with E-state index in [0.29, 0.717) is 5.56 Å². The van der Waals surface area contributed by atoms with E-state index in [9.17, 15) is 4.79 Å². The van der Waals surface area contributed by atoms with Crippen LogP contribution in [0.25, 0.3) is 10.4 Å². The average molecular weight is 332 g/mol. The molecule has 1 amide bonds. The zero-order chi connectivity index (χ0) is 17.2. The Kier molecular flexibility index (Phi) is 4.47. The van der Waals surface area contributed by atoms with E-state index in [1.807, 2.05) is 32.0 Å². The minimum Gasteiger partial charge on any atom is -0.372 e. The molecule has 128 valence electrons. The van der Waals surface area contributed by atoms with Crippen molar-refractivity contribution in [1.29, 1.82) is 0 Å². The summed E-state index contributed by atoms with van der Waals surface area (Å²) in [5, 5.41) is 6.46. The van der Waals surface area contributed by atoms with Gasteiger partial charge in [0.05, 0.1) is 25.8 Å². The topological polar surface area (TPSA) is 106 Å². The van der Waals surface area contributed by atoms with Crippen LogP contribution < -0.4 is 5.32 Å². The number of nitrogens with one attached hydrogen (secondary N) is 1. The van der Waals surface area contributed by atoms with Crippen LogP contribution in [0.5, 0.6) is 0 Å². The van der Waals surface area contributed by atoms with Crippen molar-refractivity contribution in [2.45, 2.75) is 37.4 Å². The predicted molar refractivity (Wildman–Crippen MR) is 85.3 cm³/mol. The van der Waals surface area contributed by atoms with Crippen LogP contribution in [0.15, 0.2) is 35.4 Å². The molecule has 24 heavy (non-hydrogen) atoms. The van der Waals surface area contributed by atoms with Gasteiger partial charge in [-0.1, -0.05) is 23.3 Å². The summed E-state index contributed by atoms with van der Waals surface area (Å²) in [5.41, 5.74) is 8.30. The van der Waals surface area contributed by atoms with Gasteiger partial charge in [-0.15, -0.1) is 0 Å². The Bertz CT molecular complexity index is 659. The number of azide groups is 1. The molecular weight excluding hydrogens is 312 g/mol. The van der Waals surface area contributed by atoms with Gasteiger partial charge in [-0.25, -0.2) is 0 Å². The molecule has 0 bridgehead atoms. The SMILES string of the molecule is CC1(C)O[C@@H]2[C@@H](CN=[N+]=[N-])OC[C@]2(CNC(=O)c2ccccc2)O1. The molecule has 1 aromatic rings. The Morgan fingerprint density at radius 3 is 2.88 bits per heavy atom.